The van der Waals surface area contributed by atoms with Crippen LogP contribution < -0.4 is 4.74 Å². The molecule has 0 bridgehead atoms. The average Bonchev–Trinajstić information content (AvgIpc) is 2.43. The molecule has 2 rings (SSSR count). The first-order valence-electron chi connectivity index (χ1n) is 6.53. The van der Waals surface area contributed by atoms with Crippen molar-refractivity contribution < 1.29 is 9.84 Å². The molecule has 0 radical (unpaired) electrons. The molecular formula is C16H17Cl2NO2. The van der Waals surface area contributed by atoms with Crippen molar-refractivity contribution in [2.24, 2.45) is 0 Å². The Kier molecular flexibility index (Phi) is 5.34. The van der Waals surface area contributed by atoms with Gasteiger partial charge in [0.2, 0.25) is 0 Å². The normalized spacial score (nSPS) is 10.9. The van der Waals surface area contributed by atoms with E-state index < -0.39 is 0 Å². The summed E-state index contributed by atoms with van der Waals surface area (Å²) in [6.45, 7) is 1.48. The number of rotatable bonds is 5. The van der Waals surface area contributed by atoms with Crippen molar-refractivity contribution in [3.05, 3.63) is 46.4 Å². The fourth-order valence-corrected chi connectivity index (χ4v) is 2.36. The average molecular weight is 326 g/mol. The number of hydrogen-bond acceptors (Lipinski definition) is 3. The first-order valence-corrected chi connectivity index (χ1v) is 7.29. The number of halogens is 2. The minimum atomic E-state index is 0.0299. The molecule has 0 aliphatic carbocycles. The zero-order valence-electron chi connectivity index (χ0n) is 11.9. The van der Waals surface area contributed by atoms with Crippen LogP contribution >= 0.6 is 23.2 Å². The number of benzene rings is 2. The monoisotopic (exact) mass is 325 g/mol. The van der Waals surface area contributed by atoms with Crippen molar-refractivity contribution in [2.75, 3.05) is 27.2 Å². The Labute approximate surface area is 134 Å². The lowest BCUT2D eigenvalue weighted by Gasteiger charge is -2.12. The van der Waals surface area contributed by atoms with E-state index in [1.54, 1.807) is 6.07 Å². The molecule has 0 amide bonds. The Morgan fingerprint density at radius 2 is 1.76 bits per heavy atom. The van der Waals surface area contributed by atoms with Gasteiger partial charge in [0.15, 0.2) is 0 Å². The fraction of sp³-hybridized carbons (Fsp3) is 0.250. The van der Waals surface area contributed by atoms with Gasteiger partial charge in [0.1, 0.15) is 18.1 Å². The van der Waals surface area contributed by atoms with Crippen molar-refractivity contribution in [1.82, 2.24) is 4.90 Å². The summed E-state index contributed by atoms with van der Waals surface area (Å²) in [5, 5.41) is 10.7. The third kappa shape index (κ3) is 4.27. The van der Waals surface area contributed by atoms with Gasteiger partial charge in [-0.25, -0.2) is 0 Å². The largest absolute Gasteiger partial charge is 0.506 e. The van der Waals surface area contributed by atoms with Crippen LogP contribution in [0.5, 0.6) is 11.5 Å². The van der Waals surface area contributed by atoms with E-state index in [0.29, 0.717) is 17.2 Å². The van der Waals surface area contributed by atoms with Crippen LogP contribution in [-0.2, 0) is 0 Å². The highest BCUT2D eigenvalue weighted by atomic mass is 35.5. The number of likely N-dealkylation sites (N-methyl/N-ethyl adjacent to an activating group) is 1. The summed E-state index contributed by atoms with van der Waals surface area (Å²) in [7, 11) is 4.00. The number of phenols is 1. The summed E-state index contributed by atoms with van der Waals surface area (Å²) in [5.41, 5.74) is 1.43. The maximum atomic E-state index is 10.0. The third-order valence-corrected chi connectivity index (χ3v) is 3.51. The van der Waals surface area contributed by atoms with Gasteiger partial charge >= 0.3 is 0 Å². The van der Waals surface area contributed by atoms with Crippen LogP contribution in [0.4, 0.5) is 0 Å². The van der Waals surface area contributed by atoms with Crippen molar-refractivity contribution in [3.63, 3.8) is 0 Å². The van der Waals surface area contributed by atoms with E-state index in [1.165, 1.54) is 6.07 Å². The number of phenolic OH excluding ortho intramolecular Hbond substituents is 1. The molecule has 3 nitrogen and oxygen atoms in total. The second-order valence-electron chi connectivity index (χ2n) is 4.96. The molecule has 2 aromatic rings. The molecular weight excluding hydrogens is 309 g/mol. The van der Waals surface area contributed by atoms with Crippen LogP contribution in [0.1, 0.15) is 0 Å². The summed E-state index contributed by atoms with van der Waals surface area (Å²) in [6, 6.07) is 10.7. The molecule has 0 fully saturated rings. The SMILES string of the molecule is CN(C)CCOc1ccc(-c2cc(Cl)cc(Cl)c2O)cc1. The Bertz CT molecular complexity index is 612. The van der Waals surface area contributed by atoms with E-state index in [4.69, 9.17) is 27.9 Å². The van der Waals surface area contributed by atoms with Crippen molar-refractivity contribution >= 4 is 23.2 Å². The zero-order chi connectivity index (χ0) is 15.4. The standard InChI is InChI=1S/C16H17Cl2NO2/c1-19(2)7-8-21-13-5-3-11(4-6-13)14-9-12(17)10-15(18)16(14)20/h3-6,9-10,20H,7-8H2,1-2H3. The zero-order valence-corrected chi connectivity index (χ0v) is 13.4. The van der Waals surface area contributed by atoms with Gasteiger partial charge in [-0.15, -0.1) is 0 Å². The van der Waals surface area contributed by atoms with Crippen LogP contribution in [0.15, 0.2) is 36.4 Å². The second-order valence-corrected chi connectivity index (χ2v) is 5.80. The number of aromatic hydroxyl groups is 1. The number of hydrogen-bond donors (Lipinski definition) is 1. The molecule has 5 heteroatoms. The van der Waals surface area contributed by atoms with Crippen LogP contribution in [0.3, 0.4) is 0 Å². The Morgan fingerprint density at radius 3 is 2.38 bits per heavy atom. The molecule has 0 aliphatic heterocycles. The molecule has 1 N–H and O–H groups in total. The van der Waals surface area contributed by atoms with E-state index >= 15 is 0 Å². The maximum absolute atomic E-state index is 10.0. The molecule has 0 saturated heterocycles. The Morgan fingerprint density at radius 1 is 1.10 bits per heavy atom. The molecule has 21 heavy (non-hydrogen) atoms. The molecule has 0 aliphatic rings. The first kappa shape index (κ1) is 16.0. The van der Waals surface area contributed by atoms with Crippen LogP contribution in [0.25, 0.3) is 11.1 Å². The minimum Gasteiger partial charge on any atom is -0.506 e. The lowest BCUT2D eigenvalue weighted by atomic mass is 10.0. The highest BCUT2D eigenvalue weighted by molar-refractivity contribution is 6.36. The molecule has 0 heterocycles. The van der Waals surface area contributed by atoms with Crippen molar-refractivity contribution in [1.29, 1.82) is 0 Å². The summed E-state index contributed by atoms with van der Waals surface area (Å²) in [6.07, 6.45) is 0. The third-order valence-electron chi connectivity index (χ3n) is 3.00. The summed E-state index contributed by atoms with van der Waals surface area (Å²) in [4.78, 5) is 2.06. The summed E-state index contributed by atoms with van der Waals surface area (Å²) < 4.78 is 5.63. The fourth-order valence-electron chi connectivity index (χ4n) is 1.86. The Hall–Kier alpha value is -1.42. The molecule has 0 atom stereocenters. The predicted molar refractivity (Wildman–Crippen MR) is 87.6 cm³/mol. The van der Waals surface area contributed by atoms with Crippen LogP contribution in [0, 0.1) is 0 Å². The van der Waals surface area contributed by atoms with Crippen LogP contribution in [-0.4, -0.2) is 37.3 Å². The molecule has 0 unspecified atom stereocenters. The van der Waals surface area contributed by atoms with E-state index in [-0.39, 0.29) is 10.8 Å². The van der Waals surface area contributed by atoms with Gasteiger partial charge in [-0.1, -0.05) is 35.3 Å². The highest BCUT2D eigenvalue weighted by Crippen LogP contribution is 2.38. The van der Waals surface area contributed by atoms with Gasteiger partial charge in [0, 0.05) is 17.1 Å². The van der Waals surface area contributed by atoms with Gasteiger partial charge in [-0.2, -0.15) is 0 Å². The molecule has 112 valence electrons. The first-order chi connectivity index (χ1) is 9.97. The topological polar surface area (TPSA) is 32.7 Å². The number of nitrogens with zero attached hydrogens (tertiary/aromatic N) is 1. The number of ether oxygens (including phenoxy) is 1. The van der Waals surface area contributed by atoms with Gasteiger partial charge in [0.25, 0.3) is 0 Å². The lowest BCUT2D eigenvalue weighted by molar-refractivity contribution is 0.261. The Balaban J connectivity index is 2.16. The highest BCUT2D eigenvalue weighted by Gasteiger charge is 2.10. The second kappa shape index (κ2) is 7.03. The van der Waals surface area contributed by atoms with Gasteiger partial charge in [-0.3, -0.25) is 0 Å². The maximum Gasteiger partial charge on any atom is 0.142 e. The van der Waals surface area contributed by atoms with Gasteiger partial charge < -0.3 is 14.7 Å². The molecule has 0 aromatic heterocycles. The van der Waals surface area contributed by atoms with E-state index in [0.717, 1.165) is 17.9 Å². The van der Waals surface area contributed by atoms with E-state index in [2.05, 4.69) is 4.90 Å². The van der Waals surface area contributed by atoms with Crippen LogP contribution in [0.2, 0.25) is 10.0 Å². The molecule has 0 saturated carbocycles. The van der Waals surface area contributed by atoms with E-state index in [9.17, 15) is 5.11 Å². The molecule has 0 spiro atoms. The minimum absolute atomic E-state index is 0.0299. The quantitative estimate of drug-likeness (QED) is 0.889. The summed E-state index contributed by atoms with van der Waals surface area (Å²) >= 11 is 11.9. The van der Waals surface area contributed by atoms with Gasteiger partial charge in [-0.05, 0) is 43.9 Å². The van der Waals surface area contributed by atoms with E-state index in [1.807, 2.05) is 38.4 Å². The smallest absolute Gasteiger partial charge is 0.142 e. The predicted octanol–water partition coefficient (Wildman–Crippen LogP) is 4.31. The van der Waals surface area contributed by atoms with Crippen molar-refractivity contribution in [2.45, 2.75) is 0 Å². The van der Waals surface area contributed by atoms with Gasteiger partial charge in [0.05, 0.1) is 5.02 Å². The molecule has 2 aromatic carbocycles. The summed E-state index contributed by atoms with van der Waals surface area (Å²) in [5.74, 6) is 0.815. The lowest BCUT2D eigenvalue weighted by Crippen LogP contribution is -2.19. The van der Waals surface area contributed by atoms with Crippen molar-refractivity contribution in [3.8, 4) is 22.6 Å².